The summed E-state index contributed by atoms with van der Waals surface area (Å²) in [5.41, 5.74) is 1.54. The minimum atomic E-state index is -0.533. The van der Waals surface area contributed by atoms with Gasteiger partial charge in [0.25, 0.3) is 5.56 Å². The zero-order valence-corrected chi connectivity index (χ0v) is 17.9. The number of rotatable bonds is 7. The second kappa shape index (κ2) is 9.98. The number of hydrogen-bond donors (Lipinski definition) is 1. The maximum absolute atomic E-state index is 12.6. The molecule has 2 aromatic carbocycles. The summed E-state index contributed by atoms with van der Waals surface area (Å²) >= 11 is 3.32. The minimum Gasteiger partial charge on any atom is -0.462 e. The van der Waals surface area contributed by atoms with Crippen molar-refractivity contribution in [1.82, 2.24) is 9.78 Å². The van der Waals surface area contributed by atoms with E-state index in [0.717, 1.165) is 10.2 Å². The van der Waals surface area contributed by atoms with Crippen molar-refractivity contribution in [3.8, 4) is 11.3 Å². The van der Waals surface area contributed by atoms with Crippen LogP contribution in [0.5, 0.6) is 0 Å². The molecule has 0 aliphatic rings. The first-order valence-electron chi connectivity index (χ1n) is 9.38. The first kappa shape index (κ1) is 21.4. The Morgan fingerprint density at radius 3 is 2.60 bits per heavy atom. The molecule has 0 aliphatic heterocycles. The van der Waals surface area contributed by atoms with Crippen molar-refractivity contribution in [3.63, 3.8) is 0 Å². The quantitative estimate of drug-likeness (QED) is 0.530. The summed E-state index contributed by atoms with van der Waals surface area (Å²) in [5.74, 6) is -1.02. The average molecular weight is 470 g/mol. The van der Waals surface area contributed by atoms with Crippen LogP contribution in [0.25, 0.3) is 11.3 Å². The Hall–Kier alpha value is -3.26. The van der Waals surface area contributed by atoms with Gasteiger partial charge >= 0.3 is 5.97 Å². The lowest BCUT2D eigenvalue weighted by Gasteiger charge is -2.12. The molecule has 0 saturated carbocycles. The molecule has 0 spiro atoms. The van der Waals surface area contributed by atoms with E-state index in [0.29, 0.717) is 22.3 Å². The van der Waals surface area contributed by atoms with Gasteiger partial charge in [-0.3, -0.25) is 9.59 Å². The van der Waals surface area contributed by atoms with Crippen molar-refractivity contribution in [2.45, 2.75) is 19.9 Å². The third-order valence-electron chi connectivity index (χ3n) is 4.14. The Kier molecular flexibility index (Phi) is 7.13. The SMILES string of the molecule is CCCOC(=O)c1cc(Br)ccc1NC(=O)Cn1nc(-c2ccccc2)ccc1=O. The van der Waals surface area contributed by atoms with Crippen molar-refractivity contribution in [1.29, 1.82) is 0 Å². The summed E-state index contributed by atoms with van der Waals surface area (Å²) in [6.07, 6.45) is 0.688. The molecule has 1 N–H and O–H groups in total. The van der Waals surface area contributed by atoms with E-state index in [-0.39, 0.29) is 18.7 Å². The lowest BCUT2D eigenvalue weighted by molar-refractivity contribution is -0.117. The van der Waals surface area contributed by atoms with Gasteiger partial charge in [0.05, 0.1) is 23.6 Å². The van der Waals surface area contributed by atoms with E-state index in [1.807, 2.05) is 37.3 Å². The topological polar surface area (TPSA) is 90.3 Å². The number of amides is 1. The van der Waals surface area contributed by atoms with Gasteiger partial charge in [-0.1, -0.05) is 53.2 Å². The van der Waals surface area contributed by atoms with Gasteiger partial charge in [-0.15, -0.1) is 0 Å². The number of halogens is 1. The Morgan fingerprint density at radius 2 is 1.87 bits per heavy atom. The molecule has 3 rings (SSSR count). The van der Waals surface area contributed by atoms with E-state index in [1.165, 1.54) is 6.07 Å². The van der Waals surface area contributed by atoms with Crippen molar-refractivity contribution in [2.75, 3.05) is 11.9 Å². The number of carbonyl (C=O) groups excluding carboxylic acids is 2. The van der Waals surface area contributed by atoms with Gasteiger partial charge in [0.15, 0.2) is 0 Å². The third-order valence-corrected chi connectivity index (χ3v) is 4.64. The zero-order chi connectivity index (χ0) is 21.5. The van der Waals surface area contributed by atoms with Crippen LogP contribution in [-0.4, -0.2) is 28.3 Å². The fourth-order valence-corrected chi connectivity index (χ4v) is 3.08. The van der Waals surface area contributed by atoms with Gasteiger partial charge < -0.3 is 10.1 Å². The number of esters is 1. The van der Waals surface area contributed by atoms with Crippen molar-refractivity contribution in [3.05, 3.63) is 81.1 Å². The molecule has 154 valence electrons. The first-order chi connectivity index (χ1) is 14.5. The van der Waals surface area contributed by atoms with Crippen LogP contribution in [0.2, 0.25) is 0 Å². The van der Waals surface area contributed by atoms with E-state index < -0.39 is 17.4 Å². The lowest BCUT2D eigenvalue weighted by Crippen LogP contribution is -2.29. The minimum absolute atomic E-state index is 0.226. The molecule has 1 heterocycles. The lowest BCUT2D eigenvalue weighted by atomic mass is 10.1. The number of nitrogens with one attached hydrogen (secondary N) is 1. The standard InChI is InChI=1S/C22H20BrN3O4/c1-2-12-30-22(29)17-13-16(23)8-9-19(17)24-20(27)14-26-21(28)11-10-18(25-26)15-6-4-3-5-7-15/h3-11,13H,2,12,14H2,1H3,(H,24,27). The predicted octanol–water partition coefficient (Wildman–Crippen LogP) is 3.88. The van der Waals surface area contributed by atoms with Gasteiger partial charge in [0.2, 0.25) is 5.91 Å². The predicted molar refractivity (Wildman–Crippen MR) is 117 cm³/mol. The highest BCUT2D eigenvalue weighted by Crippen LogP contribution is 2.22. The second-order valence-corrected chi connectivity index (χ2v) is 7.37. The van der Waals surface area contributed by atoms with Crippen LogP contribution in [-0.2, 0) is 16.1 Å². The van der Waals surface area contributed by atoms with Crippen molar-refractivity contribution >= 4 is 33.5 Å². The van der Waals surface area contributed by atoms with Crippen molar-refractivity contribution in [2.24, 2.45) is 0 Å². The Labute approximate surface area is 181 Å². The molecule has 0 atom stereocenters. The molecule has 0 fully saturated rings. The van der Waals surface area contributed by atoms with Gasteiger partial charge in [-0.25, -0.2) is 9.48 Å². The Morgan fingerprint density at radius 1 is 1.10 bits per heavy atom. The molecule has 1 aromatic heterocycles. The number of anilines is 1. The van der Waals surface area contributed by atoms with Crippen molar-refractivity contribution < 1.29 is 14.3 Å². The monoisotopic (exact) mass is 469 g/mol. The smallest absolute Gasteiger partial charge is 0.340 e. The highest BCUT2D eigenvalue weighted by atomic mass is 79.9. The third kappa shape index (κ3) is 5.42. The van der Waals surface area contributed by atoms with E-state index in [2.05, 4.69) is 26.3 Å². The fourth-order valence-electron chi connectivity index (χ4n) is 2.72. The summed E-state index contributed by atoms with van der Waals surface area (Å²) in [5, 5.41) is 6.95. The number of nitrogens with zero attached hydrogens (tertiary/aromatic N) is 2. The molecule has 0 aliphatic carbocycles. The Balaban J connectivity index is 1.80. The number of carbonyl (C=O) groups is 2. The van der Waals surface area contributed by atoms with E-state index in [1.54, 1.807) is 24.3 Å². The van der Waals surface area contributed by atoms with Gasteiger partial charge in [0.1, 0.15) is 6.54 Å². The molecular weight excluding hydrogens is 450 g/mol. The normalized spacial score (nSPS) is 10.5. The maximum atomic E-state index is 12.6. The van der Waals surface area contributed by atoms with E-state index >= 15 is 0 Å². The molecule has 0 bridgehead atoms. The Bertz CT molecular complexity index is 1110. The summed E-state index contributed by atoms with van der Waals surface area (Å²) in [6.45, 7) is 1.88. The molecule has 3 aromatic rings. The average Bonchev–Trinajstić information content (AvgIpc) is 2.75. The molecule has 0 saturated heterocycles. The van der Waals surface area contributed by atoms with Crippen LogP contribution in [0.1, 0.15) is 23.7 Å². The number of ether oxygens (including phenoxy) is 1. The van der Waals surface area contributed by atoms with Crippen LogP contribution < -0.4 is 10.9 Å². The number of hydrogen-bond acceptors (Lipinski definition) is 5. The molecule has 7 nitrogen and oxygen atoms in total. The summed E-state index contributed by atoms with van der Waals surface area (Å²) < 4.78 is 6.94. The highest BCUT2D eigenvalue weighted by molar-refractivity contribution is 9.10. The van der Waals surface area contributed by atoms with Gasteiger partial charge in [0, 0.05) is 16.1 Å². The molecular formula is C22H20BrN3O4. The molecule has 0 radical (unpaired) electrons. The molecule has 0 unspecified atom stereocenters. The number of benzene rings is 2. The summed E-state index contributed by atoms with van der Waals surface area (Å²) in [6, 6.07) is 17.2. The molecule has 1 amide bonds. The van der Waals surface area contributed by atoms with E-state index in [4.69, 9.17) is 4.74 Å². The summed E-state index contributed by atoms with van der Waals surface area (Å²) in [7, 11) is 0. The fraction of sp³-hybridized carbons (Fsp3) is 0.182. The van der Waals surface area contributed by atoms with Gasteiger partial charge in [-0.05, 0) is 30.7 Å². The first-order valence-corrected chi connectivity index (χ1v) is 10.2. The van der Waals surface area contributed by atoms with Gasteiger partial charge in [-0.2, -0.15) is 5.10 Å². The van der Waals surface area contributed by atoms with Crippen LogP contribution in [0, 0.1) is 0 Å². The van der Waals surface area contributed by atoms with Crippen LogP contribution in [0.3, 0.4) is 0 Å². The zero-order valence-electron chi connectivity index (χ0n) is 16.3. The second-order valence-electron chi connectivity index (χ2n) is 6.45. The highest BCUT2D eigenvalue weighted by Gasteiger charge is 2.16. The molecule has 8 heteroatoms. The maximum Gasteiger partial charge on any atom is 0.340 e. The van der Waals surface area contributed by atoms with E-state index in [9.17, 15) is 14.4 Å². The molecule has 30 heavy (non-hydrogen) atoms. The number of aromatic nitrogens is 2. The van der Waals surface area contributed by atoms with Crippen LogP contribution in [0.15, 0.2) is 69.9 Å². The largest absolute Gasteiger partial charge is 0.462 e. The summed E-state index contributed by atoms with van der Waals surface area (Å²) in [4.78, 5) is 37.1. The van der Waals surface area contributed by atoms with Crippen LogP contribution >= 0.6 is 15.9 Å². The van der Waals surface area contributed by atoms with Crippen LogP contribution in [0.4, 0.5) is 5.69 Å².